The number of carbonyl (C=O) groups is 3. The smallest absolute Gasteiger partial charge is 0.305 e. The van der Waals surface area contributed by atoms with Crippen molar-refractivity contribution in [2.24, 2.45) is 16.2 Å². The Labute approximate surface area is 172 Å². The van der Waals surface area contributed by atoms with Gasteiger partial charge in [-0.1, -0.05) is 62.3 Å². The summed E-state index contributed by atoms with van der Waals surface area (Å²) in [5.74, 6) is -1.51. The van der Waals surface area contributed by atoms with Crippen LogP contribution in [0, 0.1) is 16.2 Å². The maximum atomic E-state index is 10.9. The molecule has 0 aliphatic carbocycles. The van der Waals surface area contributed by atoms with Gasteiger partial charge in [-0.15, -0.1) is 0 Å². The maximum Gasteiger partial charge on any atom is 0.305 e. The second-order valence-corrected chi connectivity index (χ2v) is 10.5. The molecule has 0 aromatic heterocycles. The summed E-state index contributed by atoms with van der Waals surface area (Å²) in [6.45, 7) is 20.5. The van der Waals surface area contributed by atoms with Gasteiger partial charge in [-0.25, -0.2) is 0 Å². The molecular formula is C22H44O6. The number of hydrogen-bond donors (Lipinski definition) is 2. The topological polar surface area (TPSA) is 101 Å². The van der Waals surface area contributed by atoms with Crippen molar-refractivity contribution in [2.75, 3.05) is 6.61 Å². The fourth-order valence-corrected chi connectivity index (χ4v) is 1.65. The fraction of sp³-hybridized carbons (Fsp3) is 0.864. The van der Waals surface area contributed by atoms with Crippen molar-refractivity contribution in [1.82, 2.24) is 0 Å². The summed E-state index contributed by atoms with van der Waals surface area (Å²) in [4.78, 5) is 30.9. The van der Waals surface area contributed by atoms with E-state index in [1.165, 1.54) is 0 Å². The van der Waals surface area contributed by atoms with Gasteiger partial charge in [0.15, 0.2) is 0 Å². The van der Waals surface area contributed by atoms with Crippen LogP contribution in [0.3, 0.4) is 0 Å². The fourth-order valence-electron chi connectivity index (χ4n) is 1.65. The van der Waals surface area contributed by atoms with Crippen LogP contribution in [0.25, 0.3) is 0 Å². The number of carbonyl (C=O) groups excluding carboxylic acids is 1. The Hall–Kier alpha value is -1.59. The first-order chi connectivity index (χ1) is 12.3. The molecule has 0 aromatic rings. The molecule has 168 valence electrons. The van der Waals surface area contributed by atoms with Gasteiger partial charge in [0.1, 0.15) is 0 Å². The minimum Gasteiger partial charge on any atom is -0.481 e. The number of aliphatic carboxylic acids is 2. The minimum atomic E-state index is -0.725. The highest BCUT2D eigenvalue weighted by molar-refractivity contribution is 5.69. The second-order valence-electron chi connectivity index (χ2n) is 10.5. The molecule has 0 amide bonds. The Morgan fingerprint density at radius 3 is 1.25 bits per heavy atom. The molecule has 6 nitrogen and oxygen atoms in total. The number of esters is 1. The first-order valence-electron chi connectivity index (χ1n) is 9.88. The van der Waals surface area contributed by atoms with Gasteiger partial charge in [-0.3, -0.25) is 14.4 Å². The summed E-state index contributed by atoms with van der Waals surface area (Å²) in [6, 6.07) is 0. The highest BCUT2D eigenvalue weighted by Crippen LogP contribution is 2.21. The Balaban J connectivity index is -0.000000340. The lowest BCUT2D eigenvalue weighted by Crippen LogP contribution is -2.11. The molecule has 0 spiro atoms. The van der Waals surface area contributed by atoms with Crippen LogP contribution in [-0.2, 0) is 19.1 Å². The SMILES string of the molecule is CC(C)(C)CC(=O)O.CC(C)(C)CCC(=O)O.CCOC(=O)CCC(C)(C)C. The van der Waals surface area contributed by atoms with E-state index in [4.69, 9.17) is 14.9 Å². The van der Waals surface area contributed by atoms with E-state index in [1.54, 1.807) is 0 Å². The standard InChI is InChI=1S/C9H18O2.C7H14O2.C6H12O2/c1-5-11-8(10)6-7-9(2,3)4;1-7(2,3)5-4-6(8)9;1-6(2,3)4-5(7)8/h5-7H2,1-4H3;4-5H2,1-3H3,(H,8,9);4H2,1-3H3,(H,7,8). The molecule has 0 heterocycles. The molecule has 0 fully saturated rings. The van der Waals surface area contributed by atoms with Gasteiger partial charge < -0.3 is 14.9 Å². The summed E-state index contributed by atoms with van der Waals surface area (Å²) >= 11 is 0. The van der Waals surface area contributed by atoms with Crippen LogP contribution in [0.15, 0.2) is 0 Å². The van der Waals surface area contributed by atoms with Gasteiger partial charge in [0.2, 0.25) is 0 Å². The van der Waals surface area contributed by atoms with E-state index in [0.29, 0.717) is 13.0 Å². The lowest BCUT2D eigenvalue weighted by Gasteiger charge is -2.16. The quantitative estimate of drug-likeness (QED) is 0.544. The van der Waals surface area contributed by atoms with Crippen molar-refractivity contribution >= 4 is 17.9 Å². The zero-order valence-corrected chi connectivity index (χ0v) is 19.8. The number of rotatable bonds is 6. The first-order valence-corrected chi connectivity index (χ1v) is 9.88. The van der Waals surface area contributed by atoms with Crippen LogP contribution in [0.4, 0.5) is 0 Å². The lowest BCUT2D eigenvalue weighted by atomic mass is 9.91. The third-order valence-corrected chi connectivity index (χ3v) is 3.15. The highest BCUT2D eigenvalue weighted by Gasteiger charge is 2.14. The maximum absolute atomic E-state index is 10.9. The van der Waals surface area contributed by atoms with Gasteiger partial charge in [0, 0.05) is 12.8 Å². The predicted octanol–water partition coefficient (Wildman–Crippen LogP) is 5.78. The lowest BCUT2D eigenvalue weighted by molar-refractivity contribution is -0.144. The molecule has 2 N–H and O–H groups in total. The van der Waals surface area contributed by atoms with Crippen molar-refractivity contribution < 1.29 is 29.3 Å². The molecule has 0 saturated carbocycles. The Bertz CT molecular complexity index is 447. The molecule has 0 saturated heterocycles. The number of carboxylic acids is 2. The second kappa shape index (κ2) is 14.4. The zero-order valence-electron chi connectivity index (χ0n) is 19.8. The van der Waals surface area contributed by atoms with Crippen LogP contribution < -0.4 is 0 Å². The van der Waals surface area contributed by atoms with Gasteiger partial charge in [0.25, 0.3) is 0 Å². The van der Waals surface area contributed by atoms with Crippen molar-refractivity contribution in [3.05, 3.63) is 0 Å². The molecule has 6 heteroatoms. The molecule has 0 aliphatic rings. The number of hydrogen-bond acceptors (Lipinski definition) is 4. The third kappa shape index (κ3) is 39.5. The van der Waals surface area contributed by atoms with Crippen molar-refractivity contribution in [2.45, 2.75) is 101 Å². The molecule has 0 atom stereocenters. The van der Waals surface area contributed by atoms with E-state index in [0.717, 1.165) is 12.8 Å². The largest absolute Gasteiger partial charge is 0.481 e. The van der Waals surface area contributed by atoms with Crippen molar-refractivity contribution in [1.29, 1.82) is 0 Å². The normalized spacial score (nSPS) is 11.4. The van der Waals surface area contributed by atoms with Crippen LogP contribution in [0.5, 0.6) is 0 Å². The molecule has 0 radical (unpaired) electrons. The van der Waals surface area contributed by atoms with Crippen LogP contribution in [0.2, 0.25) is 0 Å². The molecule has 0 rings (SSSR count). The molecule has 28 heavy (non-hydrogen) atoms. The Morgan fingerprint density at radius 1 is 0.679 bits per heavy atom. The van der Waals surface area contributed by atoms with E-state index >= 15 is 0 Å². The molecule has 0 bridgehead atoms. The van der Waals surface area contributed by atoms with Gasteiger partial charge in [-0.2, -0.15) is 0 Å². The molecule has 0 unspecified atom stereocenters. The van der Waals surface area contributed by atoms with E-state index in [2.05, 4.69) is 20.8 Å². The summed E-state index contributed by atoms with van der Waals surface area (Å²) in [6.07, 6.45) is 2.71. The monoisotopic (exact) mass is 404 g/mol. The van der Waals surface area contributed by atoms with E-state index in [-0.39, 0.29) is 35.1 Å². The van der Waals surface area contributed by atoms with Crippen LogP contribution in [-0.4, -0.2) is 34.7 Å². The van der Waals surface area contributed by atoms with E-state index < -0.39 is 11.9 Å². The predicted molar refractivity (Wildman–Crippen MR) is 113 cm³/mol. The van der Waals surface area contributed by atoms with Gasteiger partial charge in [-0.05, 0) is 36.0 Å². The molecular weight excluding hydrogens is 360 g/mol. The van der Waals surface area contributed by atoms with E-state index in [9.17, 15) is 14.4 Å². The van der Waals surface area contributed by atoms with E-state index in [1.807, 2.05) is 48.5 Å². The summed E-state index contributed by atoms with van der Waals surface area (Å²) in [5, 5.41) is 16.5. The minimum absolute atomic E-state index is 0.0775. The molecule has 0 aromatic carbocycles. The van der Waals surface area contributed by atoms with Gasteiger partial charge in [0.05, 0.1) is 13.0 Å². The average Bonchev–Trinajstić information content (AvgIpc) is 2.40. The first kappa shape index (κ1) is 31.1. The van der Waals surface area contributed by atoms with Crippen LogP contribution >= 0.6 is 0 Å². The molecule has 0 aliphatic heterocycles. The zero-order chi connectivity index (χ0) is 23.2. The summed E-state index contributed by atoms with van der Waals surface area (Å²) < 4.78 is 4.80. The number of ether oxygens (including phenoxy) is 1. The summed E-state index contributed by atoms with van der Waals surface area (Å²) in [5.41, 5.74) is 0.303. The average molecular weight is 405 g/mol. The highest BCUT2D eigenvalue weighted by atomic mass is 16.5. The summed E-state index contributed by atoms with van der Waals surface area (Å²) in [7, 11) is 0. The van der Waals surface area contributed by atoms with Crippen molar-refractivity contribution in [3.63, 3.8) is 0 Å². The van der Waals surface area contributed by atoms with Crippen molar-refractivity contribution in [3.8, 4) is 0 Å². The van der Waals surface area contributed by atoms with Gasteiger partial charge >= 0.3 is 17.9 Å². The number of carboxylic acid groups (broad SMARTS) is 2. The van der Waals surface area contributed by atoms with Crippen LogP contribution in [0.1, 0.15) is 101 Å². The Kier molecular flexibility index (Phi) is 16.0. The third-order valence-electron chi connectivity index (χ3n) is 3.15. The Morgan fingerprint density at radius 2 is 1.07 bits per heavy atom.